The van der Waals surface area contributed by atoms with Gasteiger partial charge in [-0.05, 0) is 64.9 Å². The summed E-state index contributed by atoms with van der Waals surface area (Å²) in [5.74, 6) is -0.645. The molecule has 0 spiro atoms. The van der Waals surface area contributed by atoms with Crippen molar-refractivity contribution in [2.75, 3.05) is 57.3 Å². The molecule has 2 aromatic carbocycles. The average molecular weight is 612 g/mol. The highest BCUT2D eigenvalue weighted by atomic mass is 35.5. The Labute approximate surface area is 253 Å². The summed E-state index contributed by atoms with van der Waals surface area (Å²) < 4.78 is 29.5. The number of likely N-dealkylation sites (tertiary alicyclic amines) is 1. The number of nitrogens with zero attached hydrogens (tertiary/aromatic N) is 4. The molecule has 0 radical (unpaired) electrons. The zero-order valence-corrected chi connectivity index (χ0v) is 25.3. The highest BCUT2D eigenvalue weighted by Crippen LogP contribution is 2.47. The van der Waals surface area contributed by atoms with Gasteiger partial charge in [-0.2, -0.15) is 0 Å². The number of carbonyl (C=O) groups is 2. The van der Waals surface area contributed by atoms with Crippen molar-refractivity contribution in [1.82, 2.24) is 19.7 Å². The molecule has 10 nitrogen and oxygen atoms in total. The first-order valence-corrected chi connectivity index (χ1v) is 15.0. The summed E-state index contributed by atoms with van der Waals surface area (Å²) in [6, 6.07) is 6.23. The van der Waals surface area contributed by atoms with Crippen LogP contribution in [0.5, 0.6) is 11.5 Å². The lowest BCUT2D eigenvalue weighted by Crippen LogP contribution is -2.50. The largest absolute Gasteiger partial charge is 0.451 e. The molecule has 0 saturated carbocycles. The van der Waals surface area contributed by atoms with Gasteiger partial charge in [0.25, 0.3) is 5.91 Å². The minimum Gasteiger partial charge on any atom is -0.451 e. The number of nitrogens with one attached hydrogen (secondary N) is 1. The first-order valence-electron chi connectivity index (χ1n) is 14.6. The molecule has 0 unspecified atom stereocenters. The normalized spacial score (nSPS) is 16.7. The maximum atomic E-state index is 16.0. The number of amides is 2. The van der Waals surface area contributed by atoms with Gasteiger partial charge in [0, 0.05) is 56.6 Å². The Hall–Kier alpha value is -3.83. The van der Waals surface area contributed by atoms with E-state index >= 15 is 4.39 Å². The van der Waals surface area contributed by atoms with Gasteiger partial charge in [0.15, 0.2) is 17.3 Å². The van der Waals surface area contributed by atoms with Crippen LogP contribution in [0.2, 0.25) is 5.02 Å². The Kier molecular flexibility index (Phi) is 7.72. The van der Waals surface area contributed by atoms with E-state index in [0.717, 1.165) is 25.9 Å². The first kappa shape index (κ1) is 29.3. The first-order chi connectivity index (χ1) is 20.5. The molecule has 0 bridgehead atoms. The van der Waals surface area contributed by atoms with Crippen molar-refractivity contribution in [1.29, 1.82) is 0 Å². The van der Waals surface area contributed by atoms with E-state index in [4.69, 9.17) is 21.1 Å². The molecule has 2 amide bonds. The lowest BCUT2D eigenvalue weighted by molar-refractivity contribution is 0.0240. The fourth-order valence-corrected chi connectivity index (χ4v) is 6.07. The molecule has 12 heteroatoms. The molecule has 4 heterocycles. The van der Waals surface area contributed by atoms with Crippen molar-refractivity contribution in [3.8, 4) is 17.2 Å². The van der Waals surface area contributed by atoms with Crippen LogP contribution in [0, 0.1) is 5.82 Å². The predicted molar refractivity (Wildman–Crippen MR) is 163 cm³/mol. The average Bonchev–Trinajstić information content (AvgIpc) is 3.47. The monoisotopic (exact) mass is 611 g/mol. The molecule has 3 aliphatic heterocycles. The van der Waals surface area contributed by atoms with Crippen molar-refractivity contribution in [2.45, 2.75) is 39.2 Å². The summed E-state index contributed by atoms with van der Waals surface area (Å²) in [4.78, 5) is 45.2. The smallest absolute Gasteiger partial charge is 0.410 e. The summed E-state index contributed by atoms with van der Waals surface area (Å²) >= 11 is 6.29. The summed E-state index contributed by atoms with van der Waals surface area (Å²) in [7, 11) is 0. The summed E-state index contributed by atoms with van der Waals surface area (Å²) in [6.45, 7) is 9.80. The maximum Gasteiger partial charge on any atom is 0.410 e. The predicted octanol–water partition coefficient (Wildman–Crippen LogP) is 4.77. The third-order valence-electron chi connectivity index (χ3n) is 7.97. The van der Waals surface area contributed by atoms with Gasteiger partial charge in [-0.15, -0.1) is 0 Å². The van der Waals surface area contributed by atoms with Crippen molar-refractivity contribution >= 4 is 40.2 Å². The molecule has 43 heavy (non-hydrogen) atoms. The van der Waals surface area contributed by atoms with Crippen LogP contribution in [0.3, 0.4) is 0 Å². The van der Waals surface area contributed by atoms with Crippen LogP contribution in [-0.4, -0.2) is 84.3 Å². The van der Waals surface area contributed by atoms with Gasteiger partial charge < -0.3 is 34.1 Å². The fraction of sp³-hybridized carbons (Fsp3) is 0.452. The van der Waals surface area contributed by atoms with E-state index in [0.29, 0.717) is 61.2 Å². The van der Waals surface area contributed by atoms with E-state index in [9.17, 15) is 14.4 Å². The Morgan fingerprint density at radius 2 is 1.79 bits per heavy atom. The van der Waals surface area contributed by atoms with E-state index in [1.165, 1.54) is 12.3 Å². The Balaban J connectivity index is 1.37. The Morgan fingerprint density at radius 3 is 2.49 bits per heavy atom. The number of hydrogen-bond acceptors (Lipinski definition) is 7. The van der Waals surface area contributed by atoms with E-state index in [1.54, 1.807) is 53.3 Å². The van der Waals surface area contributed by atoms with Crippen molar-refractivity contribution < 1.29 is 23.5 Å². The second kappa shape index (κ2) is 11.3. The molecular formula is C31H35ClFN5O5. The molecule has 1 N–H and O–H groups in total. The van der Waals surface area contributed by atoms with E-state index < -0.39 is 28.8 Å². The molecule has 0 atom stereocenters. The molecule has 3 aliphatic rings. The minimum absolute atomic E-state index is 0.0384. The van der Waals surface area contributed by atoms with Gasteiger partial charge in [0.2, 0.25) is 5.43 Å². The molecule has 0 aliphatic carbocycles. The van der Waals surface area contributed by atoms with Gasteiger partial charge >= 0.3 is 6.09 Å². The molecule has 1 aromatic heterocycles. The number of ether oxygens (including phenoxy) is 2. The van der Waals surface area contributed by atoms with Gasteiger partial charge in [0.1, 0.15) is 22.4 Å². The fourth-order valence-electron chi connectivity index (χ4n) is 5.91. The van der Waals surface area contributed by atoms with Gasteiger partial charge in [0.05, 0.1) is 11.1 Å². The number of carbonyl (C=O) groups excluding carboxylic acids is 2. The molecule has 6 rings (SSSR count). The Morgan fingerprint density at radius 1 is 1.07 bits per heavy atom. The number of piperazine rings is 1. The van der Waals surface area contributed by atoms with Crippen LogP contribution < -0.4 is 20.4 Å². The highest BCUT2D eigenvalue weighted by Gasteiger charge is 2.33. The van der Waals surface area contributed by atoms with Crippen molar-refractivity contribution in [3.63, 3.8) is 0 Å². The van der Waals surface area contributed by atoms with Crippen LogP contribution in [0.25, 0.3) is 16.6 Å². The number of hydrogen-bond donors (Lipinski definition) is 1. The summed E-state index contributed by atoms with van der Waals surface area (Å²) in [6.07, 6.45) is 3.36. The standard InChI is InChI=1S/C31H35ClFN5O5/c1-31(2,3)43-30(41)37-14-12-36(13-15-37)26-22(33)17-20-25-28(26)42-24-16-19(32)6-7-23(24)38(25)18-21(27(20)39)29(40)34-8-11-35-9-4-5-10-35/h6-7,16-18H,4-5,8-15H2,1-3H3,(H,34,40). The SMILES string of the molecule is CC(C)(C)OC(=O)N1CCN(c2c(F)cc3c(=O)c(C(=O)NCCN4CCCC4)cn4c3c2Oc2cc(Cl)ccc2-4)CC1. The van der Waals surface area contributed by atoms with Crippen molar-refractivity contribution in [3.05, 3.63) is 57.1 Å². The van der Waals surface area contributed by atoms with Crippen LogP contribution in [0.1, 0.15) is 44.0 Å². The number of fused-ring (bicyclic) bond motifs is 2. The van der Waals surface area contributed by atoms with Gasteiger partial charge in [-0.1, -0.05) is 11.6 Å². The van der Waals surface area contributed by atoms with Crippen LogP contribution in [-0.2, 0) is 4.74 Å². The summed E-state index contributed by atoms with van der Waals surface area (Å²) in [5.41, 5.74) is -0.176. The Bertz CT molecular complexity index is 1660. The van der Waals surface area contributed by atoms with Gasteiger partial charge in [-0.25, -0.2) is 9.18 Å². The number of rotatable bonds is 5. The van der Waals surface area contributed by atoms with Crippen LogP contribution >= 0.6 is 11.6 Å². The lowest BCUT2D eigenvalue weighted by Gasteiger charge is -2.38. The molecule has 2 fully saturated rings. The molecule has 228 valence electrons. The molecule has 3 aromatic rings. The minimum atomic E-state index is -0.658. The van der Waals surface area contributed by atoms with Crippen LogP contribution in [0.4, 0.5) is 14.9 Å². The lowest BCUT2D eigenvalue weighted by atomic mass is 10.0. The quantitative estimate of drug-likeness (QED) is 0.347. The summed E-state index contributed by atoms with van der Waals surface area (Å²) in [5, 5.41) is 3.32. The van der Waals surface area contributed by atoms with E-state index in [-0.39, 0.29) is 22.4 Å². The third-order valence-corrected chi connectivity index (χ3v) is 8.20. The topological polar surface area (TPSA) is 96.4 Å². The van der Waals surface area contributed by atoms with E-state index in [1.807, 2.05) is 0 Å². The number of anilines is 1. The number of halogens is 2. The third kappa shape index (κ3) is 5.75. The molecular weight excluding hydrogens is 577 g/mol. The second-order valence-electron chi connectivity index (χ2n) is 12.1. The number of aromatic nitrogens is 1. The van der Waals surface area contributed by atoms with Crippen molar-refractivity contribution in [2.24, 2.45) is 0 Å². The van der Waals surface area contributed by atoms with E-state index in [2.05, 4.69) is 10.2 Å². The van der Waals surface area contributed by atoms with Gasteiger partial charge in [-0.3, -0.25) is 9.59 Å². The number of pyridine rings is 1. The molecule has 2 saturated heterocycles. The highest BCUT2D eigenvalue weighted by molar-refractivity contribution is 6.30. The zero-order chi connectivity index (χ0) is 30.5. The second-order valence-corrected chi connectivity index (χ2v) is 12.6. The van der Waals surface area contributed by atoms with Crippen LogP contribution in [0.15, 0.2) is 35.3 Å². The zero-order valence-electron chi connectivity index (χ0n) is 24.5. The maximum absolute atomic E-state index is 16.0. The number of benzene rings is 2.